The minimum atomic E-state index is -1.01. The maximum atomic E-state index is 11.0. The second-order valence-corrected chi connectivity index (χ2v) is 3.43. The van der Waals surface area contributed by atoms with Crippen LogP contribution in [0.5, 0.6) is 0 Å². The van der Waals surface area contributed by atoms with Gasteiger partial charge in [0.2, 0.25) is 0 Å². The maximum Gasteiger partial charge on any atom is 0.495 e. The van der Waals surface area contributed by atoms with Crippen LogP contribution < -0.4 is 10.6 Å². The Kier molecular flexibility index (Phi) is 2.71. The van der Waals surface area contributed by atoms with Crippen LogP contribution in [0.3, 0.4) is 0 Å². The molecule has 0 radical (unpaired) electrons. The van der Waals surface area contributed by atoms with Crippen molar-refractivity contribution < 1.29 is 19.4 Å². The van der Waals surface area contributed by atoms with E-state index in [4.69, 9.17) is 5.73 Å². The zero-order valence-electron chi connectivity index (χ0n) is 9.05. The molecule has 0 spiro atoms. The standard InChI is InChI=1S/C8H5N5O6/c9-5-1-4(2-6(3-5)11(14)15)7-8(12(16)17)13(18)19-10-7/h1-3H,9H2. The van der Waals surface area contributed by atoms with Crippen molar-refractivity contribution in [2.75, 3.05) is 5.73 Å². The number of hydrogen-bond acceptors (Lipinski definition) is 8. The van der Waals surface area contributed by atoms with Crippen molar-refractivity contribution >= 4 is 17.2 Å². The van der Waals surface area contributed by atoms with E-state index in [1.165, 1.54) is 6.07 Å². The first-order valence-electron chi connectivity index (χ1n) is 4.69. The average Bonchev–Trinajstić information content (AvgIpc) is 2.70. The molecule has 0 saturated heterocycles. The topological polar surface area (TPSA) is 165 Å². The van der Waals surface area contributed by atoms with Gasteiger partial charge in [-0.2, -0.15) is 4.63 Å². The van der Waals surface area contributed by atoms with Gasteiger partial charge in [0, 0.05) is 22.7 Å². The van der Waals surface area contributed by atoms with Crippen LogP contribution in [-0.2, 0) is 0 Å². The lowest BCUT2D eigenvalue weighted by Crippen LogP contribution is -2.26. The van der Waals surface area contributed by atoms with Crippen LogP contribution in [0.1, 0.15) is 0 Å². The maximum absolute atomic E-state index is 11.0. The van der Waals surface area contributed by atoms with Gasteiger partial charge in [-0.1, -0.05) is 0 Å². The van der Waals surface area contributed by atoms with Crippen LogP contribution in [0.2, 0.25) is 0 Å². The summed E-state index contributed by atoms with van der Waals surface area (Å²) in [6, 6.07) is 3.28. The van der Waals surface area contributed by atoms with Crippen molar-refractivity contribution in [1.82, 2.24) is 5.16 Å². The SMILES string of the molecule is Nc1cc(-c2no[n+]([O-])c2[N+](=O)[O-])cc([N+](=O)[O-])c1. The van der Waals surface area contributed by atoms with Crippen molar-refractivity contribution in [3.8, 4) is 11.3 Å². The van der Waals surface area contributed by atoms with Crippen LogP contribution in [0, 0.1) is 25.4 Å². The highest BCUT2D eigenvalue weighted by Crippen LogP contribution is 2.30. The Morgan fingerprint density at radius 2 is 1.89 bits per heavy atom. The van der Waals surface area contributed by atoms with E-state index >= 15 is 0 Å². The molecule has 0 fully saturated rings. The third-order valence-electron chi connectivity index (χ3n) is 2.19. The molecule has 0 bridgehead atoms. The predicted molar refractivity (Wildman–Crippen MR) is 58.6 cm³/mol. The molecule has 0 aliphatic heterocycles. The van der Waals surface area contributed by atoms with E-state index in [1.54, 1.807) is 0 Å². The minimum absolute atomic E-state index is 0.000975. The van der Waals surface area contributed by atoms with Gasteiger partial charge < -0.3 is 21.1 Å². The molecule has 2 rings (SSSR count). The van der Waals surface area contributed by atoms with E-state index in [-0.39, 0.29) is 16.9 Å². The third kappa shape index (κ3) is 2.11. The Balaban J connectivity index is 2.65. The normalized spacial score (nSPS) is 10.3. The highest BCUT2D eigenvalue weighted by Gasteiger charge is 2.33. The summed E-state index contributed by atoms with van der Waals surface area (Å²) in [6.45, 7) is 0. The Labute approximate surface area is 103 Å². The summed E-state index contributed by atoms with van der Waals surface area (Å²) < 4.78 is 4.11. The van der Waals surface area contributed by atoms with E-state index in [2.05, 4.69) is 9.79 Å². The van der Waals surface area contributed by atoms with Gasteiger partial charge in [0.05, 0.1) is 15.4 Å². The second kappa shape index (κ2) is 4.21. The van der Waals surface area contributed by atoms with Crippen molar-refractivity contribution in [2.45, 2.75) is 0 Å². The fraction of sp³-hybridized carbons (Fsp3) is 0. The summed E-state index contributed by atoms with van der Waals surface area (Å²) >= 11 is 0. The molecule has 98 valence electrons. The molecule has 0 atom stereocenters. The van der Waals surface area contributed by atoms with Gasteiger partial charge in [-0.05, 0) is 6.07 Å². The summed E-state index contributed by atoms with van der Waals surface area (Å²) in [5.74, 6) is -0.972. The number of rotatable bonds is 3. The molecule has 11 heteroatoms. The van der Waals surface area contributed by atoms with Crippen LogP contribution in [0.25, 0.3) is 11.3 Å². The fourth-order valence-electron chi connectivity index (χ4n) is 1.46. The number of nitrogen functional groups attached to an aromatic ring is 1. The van der Waals surface area contributed by atoms with Crippen molar-refractivity contribution in [2.24, 2.45) is 0 Å². The molecule has 0 aliphatic rings. The van der Waals surface area contributed by atoms with E-state index in [0.717, 1.165) is 12.1 Å². The van der Waals surface area contributed by atoms with Crippen LogP contribution in [0.4, 0.5) is 17.2 Å². The highest BCUT2D eigenvalue weighted by atomic mass is 16.8. The van der Waals surface area contributed by atoms with Gasteiger partial charge in [0.1, 0.15) is 5.16 Å². The van der Waals surface area contributed by atoms with Crippen molar-refractivity contribution in [3.63, 3.8) is 0 Å². The van der Waals surface area contributed by atoms with Gasteiger partial charge in [-0.3, -0.25) is 10.1 Å². The smallest absolute Gasteiger partial charge is 0.399 e. The number of anilines is 1. The number of benzene rings is 1. The molecular formula is C8H5N5O6. The number of aromatic nitrogens is 2. The summed E-state index contributed by atoms with van der Waals surface area (Å²) in [6.07, 6.45) is 0. The molecule has 1 aromatic carbocycles. The molecule has 2 aromatic rings. The molecule has 0 aliphatic carbocycles. The molecular weight excluding hydrogens is 262 g/mol. The Bertz CT molecular complexity index is 680. The predicted octanol–water partition coefficient (Wildman–Crippen LogP) is 0.374. The average molecular weight is 267 g/mol. The number of non-ortho nitro benzene ring substituents is 1. The van der Waals surface area contributed by atoms with Gasteiger partial charge in [-0.25, -0.2) is 0 Å². The lowest BCUT2D eigenvalue weighted by atomic mass is 10.1. The largest absolute Gasteiger partial charge is 0.495 e. The summed E-state index contributed by atoms with van der Waals surface area (Å²) in [4.78, 5) is 19.2. The van der Waals surface area contributed by atoms with Crippen LogP contribution >= 0.6 is 0 Å². The van der Waals surface area contributed by atoms with Gasteiger partial charge in [-0.15, -0.1) is 0 Å². The summed E-state index contributed by atoms with van der Waals surface area (Å²) in [5, 5.41) is 35.6. The fourth-order valence-corrected chi connectivity index (χ4v) is 1.46. The van der Waals surface area contributed by atoms with E-state index < -0.39 is 26.3 Å². The Morgan fingerprint density at radius 1 is 1.21 bits per heavy atom. The van der Waals surface area contributed by atoms with E-state index in [1.807, 2.05) is 0 Å². The number of hydrogen-bond donors (Lipinski definition) is 1. The number of nitro benzene ring substituents is 1. The molecule has 2 N–H and O–H groups in total. The highest BCUT2D eigenvalue weighted by molar-refractivity contribution is 5.71. The Morgan fingerprint density at radius 3 is 2.47 bits per heavy atom. The van der Waals surface area contributed by atoms with Gasteiger partial charge >= 0.3 is 11.5 Å². The first-order chi connectivity index (χ1) is 8.90. The first kappa shape index (κ1) is 12.2. The van der Waals surface area contributed by atoms with Crippen LogP contribution in [0.15, 0.2) is 22.8 Å². The summed E-state index contributed by atoms with van der Waals surface area (Å²) in [7, 11) is 0. The van der Waals surface area contributed by atoms with E-state index in [0.29, 0.717) is 0 Å². The van der Waals surface area contributed by atoms with Crippen molar-refractivity contribution in [1.29, 1.82) is 0 Å². The molecule has 11 nitrogen and oxygen atoms in total. The number of nitro groups is 2. The van der Waals surface area contributed by atoms with Crippen LogP contribution in [-0.4, -0.2) is 15.0 Å². The zero-order chi connectivity index (χ0) is 14.2. The number of nitrogens with two attached hydrogens (primary N) is 1. The quantitative estimate of drug-likeness (QED) is 0.360. The zero-order valence-corrected chi connectivity index (χ0v) is 9.05. The molecule has 0 unspecified atom stereocenters. The molecule has 19 heavy (non-hydrogen) atoms. The summed E-state index contributed by atoms with van der Waals surface area (Å²) in [5.41, 5.74) is 4.57. The third-order valence-corrected chi connectivity index (χ3v) is 2.19. The lowest BCUT2D eigenvalue weighted by molar-refractivity contribution is -0.825. The van der Waals surface area contributed by atoms with Gasteiger partial charge in [0.15, 0.2) is 0 Å². The monoisotopic (exact) mass is 267 g/mol. The van der Waals surface area contributed by atoms with E-state index in [9.17, 15) is 25.4 Å². The number of nitrogens with zero attached hydrogens (tertiary/aromatic N) is 4. The lowest BCUT2D eigenvalue weighted by Gasteiger charge is -1.97. The van der Waals surface area contributed by atoms with Crippen molar-refractivity contribution in [3.05, 3.63) is 43.6 Å². The first-order valence-corrected chi connectivity index (χ1v) is 4.69. The Hall–Kier alpha value is -3.24. The second-order valence-electron chi connectivity index (χ2n) is 3.43. The minimum Gasteiger partial charge on any atom is -0.399 e. The molecule has 1 aromatic heterocycles. The molecule has 0 saturated carbocycles. The van der Waals surface area contributed by atoms with Gasteiger partial charge in [0.25, 0.3) is 5.69 Å². The molecule has 0 amide bonds. The molecule has 1 heterocycles.